The number of ether oxygens (including phenoxy) is 2. The lowest BCUT2D eigenvalue weighted by Crippen LogP contribution is -2.21. The molecule has 3 aromatic rings. The number of allylic oxidation sites excluding steroid dienone is 1. The number of nitriles is 1. The van der Waals surface area contributed by atoms with E-state index in [9.17, 15) is 10.1 Å². The standard InChI is InChI=1S/C24H15Cl3N2O3/c25-15-4-1-13(2-5-15)9-22(30)31-16-6-7-17-21(11-16)32-24(29)18(12-28)23(17)14-3-8-19(26)20(27)10-14/h1-8,10-11,23H,9,29H2. The van der Waals surface area contributed by atoms with Crippen molar-refractivity contribution in [2.24, 2.45) is 5.73 Å². The van der Waals surface area contributed by atoms with E-state index in [1.165, 1.54) is 0 Å². The van der Waals surface area contributed by atoms with Crippen LogP contribution in [-0.4, -0.2) is 5.97 Å². The van der Waals surface area contributed by atoms with Crippen molar-refractivity contribution in [3.8, 4) is 17.6 Å². The number of carbonyl (C=O) groups is 1. The van der Waals surface area contributed by atoms with Crippen LogP contribution < -0.4 is 15.2 Å². The van der Waals surface area contributed by atoms with Gasteiger partial charge in [0.15, 0.2) is 0 Å². The van der Waals surface area contributed by atoms with Crippen LogP contribution in [0.15, 0.2) is 72.1 Å². The zero-order valence-electron chi connectivity index (χ0n) is 16.4. The first-order chi connectivity index (χ1) is 15.4. The fraction of sp³-hybridized carbons (Fsp3) is 0.0833. The summed E-state index contributed by atoms with van der Waals surface area (Å²) in [6, 6.07) is 19.1. The minimum Gasteiger partial charge on any atom is -0.440 e. The van der Waals surface area contributed by atoms with Gasteiger partial charge in [0.05, 0.1) is 22.4 Å². The minimum atomic E-state index is -0.502. The number of halogens is 3. The first kappa shape index (κ1) is 22.0. The van der Waals surface area contributed by atoms with Gasteiger partial charge in [-0.05, 0) is 41.5 Å². The Morgan fingerprint density at radius 1 is 1.03 bits per heavy atom. The predicted octanol–water partition coefficient (Wildman–Crippen LogP) is 6.01. The van der Waals surface area contributed by atoms with Gasteiger partial charge in [-0.25, -0.2) is 0 Å². The summed E-state index contributed by atoms with van der Waals surface area (Å²) >= 11 is 18.1. The number of rotatable bonds is 4. The van der Waals surface area contributed by atoms with Gasteiger partial charge in [-0.2, -0.15) is 5.26 Å². The van der Waals surface area contributed by atoms with Crippen molar-refractivity contribution in [2.45, 2.75) is 12.3 Å². The molecule has 0 radical (unpaired) electrons. The molecule has 32 heavy (non-hydrogen) atoms. The lowest BCUT2D eigenvalue weighted by Gasteiger charge is -2.27. The highest BCUT2D eigenvalue weighted by Crippen LogP contribution is 2.44. The summed E-state index contributed by atoms with van der Waals surface area (Å²) in [6.45, 7) is 0. The van der Waals surface area contributed by atoms with Crippen molar-refractivity contribution < 1.29 is 14.3 Å². The average Bonchev–Trinajstić information content (AvgIpc) is 2.76. The Morgan fingerprint density at radius 3 is 2.47 bits per heavy atom. The second-order valence-corrected chi connectivity index (χ2v) is 8.33. The molecular weight excluding hydrogens is 471 g/mol. The zero-order chi connectivity index (χ0) is 22.8. The number of nitrogens with two attached hydrogens (primary N) is 1. The third kappa shape index (κ3) is 4.53. The third-order valence-corrected chi connectivity index (χ3v) is 5.95. The van der Waals surface area contributed by atoms with E-state index in [4.69, 9.17) is 50.0 Å². The summed E-state index contributed by atoms with van der Waals surface area (Å²) < 4.78 is 11.1. The summed E-state index contributed by atoms with van der Waals surface area (Å²) in [5.74, 6) is -0.290. The predicted molar refractivity (Wildman–Crippen MR) is 123 cm³/mol. The molecule has 0 saturated carbocycles. The van der Waals surface area contributed by atoms with E-state index in [0.717, 1.165) is 11.1 Å². The van der Waals surface area contributed by atoms with Crippen LogP contribution in [0.3, 0.4) is 0 Å². The maximum Gasteiger partial charge on any atom is 0.315 e. The molecule has 3 aromatic carbocycles. The molecule has 4 rings (SSSR count). The van der Waals surface area contributed by atoms with Gasteiger partial charge in [-0.1, -0.05) is 59.1 Å². The molecule has 0 saturated heterocycles. The topological polar surface area (TPSA) is 85.3 Å². The fourth-order valence-electron chi connectivity index (χ4n) is 3.47. The molecular formula is C24H15Cl3N2O3. The number of hydrogen-bond acceptors (Lipinski definition) is 5. The molecule has 0 spiro atoms. The van der Waals surface area contributed by atoms with Crippen LogP contribution >= 0.6 is 34.8 Å². The van der Waals surface area contributed by atoms with Gasteiger partial charge in [0.25, 0.3) is 0 Å². The number of carbonyl (C=O) groups excluding carboxylic acids is 1. The van der Waals surface area contributed by atoms with E-state index in [1.54, 1.807) is 60.7 Å². The van der Waals surface area contributed by atoms with Crippen LogP contribution in [0.5, 0.6) is 11.5 Å². The number of benzene rings is 3. The van der Waals surface area contributed by atoms with Crippen molar-refractivity contribution in [3.63, 3.8) is 0 Å². The Labute approximate surface area is 199 Å². The molecule has 0 aromatic heterocycles. The summed E-state index contributed by atoms with van der Waals surface area (Å²) in [6.07, 6.45) is 0.0850. The fourth-order valence-corrected chi connectivity index (χ4v) is 3.90. The minimum absolute atomic E-state index is 0.0271. The third-order valence-electron chi connectivity index (χ3n) is 4.96. The molecule has 1 heterocycles. The molecule has 0 amide bonds. The van der Waals surface area contributed by atoms with Gasteiger partial charge in [-0.15, -0.1) is 0 Å². The van der Waals surface area contributed by atoms with Gasteiger partial charge in [0.2, 0.25) is 5.88 Å². The summed E-state index contributed by atoms with van der Waals surface area (Å²) in [7, 11) is 0. The van der Waals surface area contributed by atoms with Crippen LogP contribution in [0.25, 0.3) is 0 Å². The summed E-state index contributed by atoms with van der Waals surface area (Å²) in [4.78, 5) is 12.4. The molecule has 160 valence electrons. The maximum atomic E-state index is 12.4. The Bertz CT molecular complexity index is 1280. The SMILES string of the molecule is N#CC1=C(N)Oc2cc(OC(=O)Cc3ccc(Cl)cc3)ccc2C1c1ccc(Cl)c(Cl)c1. The quantitative estimate of drug-likeness (QED) is 0.361. The second-order valence-electron chi connectivity index (χ2n) is 7.08. The van der Waals surface area contributed by atoms with Gasteiger partial charge < -0.3 is 15.2 Å². The van der Waals surface area contributed by atoms with Crippen LogP contribution in [0.2, 0.25) is 15.1 Å². The molecule has 0 aliphatic carbocycles. The van der Waals surface area contributed by atoms with E-state index < -0.39 is 11.9 Å². The molecule has 1 aliphatic heterocycles. The molecule has 1 aliphatic rings. The molecule has 2 N–H and O–H groups in total. The Kier molecular flexibility index (Phi) is 6.29. The van der Waals surface area contributed by atoms with Crippen molar-refractivity contribution >= 4 is 40.8 Å². The van der Waals surface area contributed by atoms with Crippen LogP contribution in [0.4, 0.5) is 0 Å². The van der Waals surface area contributed by atoms with Crippen molar-refractivity contribution in [3.05, 3.63) is 104 Å². The molecule has 0 fully saturated rings. The molecule has 0 bridgehead atoms. The van der Waals surface area contributed by atoms with Gasteiger partial charge in [0, 0.05) is 16.7 Å². The summed E-state index contributed by atoms with van der Waals surface area (Å²) in [5, 5.41) is 11.0. The Morgan fingerprint density at radius 2 is 1.78 bits per heavy atom. The van der Waals surface area contributed by atoms with Gasteiger partial charge in [0.1, 0.15) is 23.1 Å². The zero-order valence-corrected chi connectivity index (χ0v) is 18.7. The highest BCUT2D eigenvalue weighted by atomic mass is 35.5. The number of nitrogens with zero attached hydrogens (tertiary/aromatic N) is 1. The van der Waals surface area contributed by atoms with Crippen molar-refractivity contribution in [1.82, 2.24) is 0 Å². The van der Waals surface area contributed by atoms with Crippen molar-refractivity contribution in [1.29, 1.82) is 5.26 Å². The van der Waals surface area contributed by atoms with Crippen LogP contribution in [0, 0.1) is 11.3 Å². The largest absolute Gasteiger partial charge is 0.440 e. The van der Waals surface area contributed by atoms with E-state index in [2.05, 4.69) is 6.07 Å². The van der Waals surface area contributed by atoms with E-state index >= 15 is 0 Å². The van der Waals surface area contributed by atoms with Crippen LogP contribution in [0.1, 0.15) is 22.6 Å². The Balaban J connectivity index is 1.62. The number of hydrogen-bond donors (Lipinski definition) is 1. The lowest BCUT2D eigenvalue weighted by molar-refractivity contribution is -0.133. The maximum absolute atomic E-state index is 12.4. The van der Waals surface area contributed by atoms with E-state index in [0.29, 0.717) is 32.1 Å². The smallest absolute Gasteiger partial charge is 0.315 e. The molecule has 5 nitrogen and oxygen atoms in total. The van der Waals surface area contributed by atoms with E-state index in [-0.39, 0.29) is 17.9 Å². The van der Waals surface area contributed by atoms with Gasteiger partial charge >= 0.3 is 5.97 Å². The number of fused-ring (bicyclic) bond motifs is 1. The number of esters is 1. The summed E-state index contributed by atoms with van der Waals surface area (Å²) in [5.41, 5.74) is 8.47. The van der Waals surface area contributed by atoms with E-state index in [1.807, 2.05) is 0 Å². The lowest BCUT2D eigenvalue weighted by atomic mass is 9.83. The monoisotopic (exact) mass is 484 g/mol. The second kappa shape index (κ2) is 9.13. The molecule has 8 heteroatoms. The average molecular weight is 486 g/mol. The highest BCUT2D eigenvalue weighted by molar-refractivity contribution is 6.42. The highest BCUT2D eigenvalue weighted by Gasteiger charge is 2.31. The molecule has 1 unspecified atom stereocenters. The molecule has 1 atom stereocenters. The normalized spacial score (nSPS) is 14.9. The van der Waals surface area contributed by atoms with Crippen LogP contribution in [-0.2, 0) is 11.2 Å². The van der Waals surface area contributed by atoms with Gasteiger partial charge in [-0.3, -0.25) is 4.79 Å². The Hall–Kier alpha value is -3.17. The first-order valence-corrected chi connectivity index (χ1v) is 10.6. The van der Waals surface area contributed by atoms with Crippen molar-refractivity contribution in [2.75, 3.05) is 0 Å². The first-order valence-electron chi connectivity index (χ1n) is 9.47.